The first kappa shape index (κ1) is 10.6. The van der Waals surface area contributed by atoms with E-state index in [1.165, 1.54) is 0 Å². The Morgan fingerprint density at radius 3 is 3.14 bits per heavy atom. The lowest BCUT2D eigenvalue weighted by molar-refractivity contribution is -0.128. The summed E-state index contributed by atoms with van der Waals surface area (Å²) >= 11 is 0. The van der Waals surface area contributed by atoms with Crippen LogP contribution in [0.2, 0.25) is 0 Å². The largest absolute Gasteiger partial charge is 0.467 e. The second-order valence-corrected chi connectivity index (χ2v) is 2.89. The van der Waals surface area contributed by atoms with Crippen LogP contribution in [0.3, 0.4) is 0 Å². The molecule has 6 nitrogen and oxygen atoms in total. The van der Waals surface area contributed by atoms with Gasteiger partial charge in [-0.1, -0.05) is 13.3 Å². The van der Waals surface area contributed by atoms with Crippen LogP contribution in [0, 0.1) is 0 Å². The molecule has 0 aliphatic heterocycles. The number of carbonyl (C=O) groups is 1. The zero-order chi connectivity index (χ0) is 10.2. The van der Waals surface area contributed by atoms with E-state index in [9.17, 15) is 4.79 Å². The van der Waals surface area contributed by atoms with E-state index in [4.69, 9.17) is 0 Å². The van der Waals surface area contributed by atoms with E-state index in [0.29, 0.717) is 19.5 Å². The van der Waals surface area contributed by atoms with Gasteiger partial charge in [-0.25, -0.2) is 4.68 Å². The van der Waals surface area contributed by atoms with Crippen LogP contribution in [0.25, 0.3) is 0 Å². The average Bonchev–Trinajstić information content (AvgIpc) is 2.63. The third-order valence-electron chi connectivity index (χ3n) is 1.84. The predicted octanol–water partition coefficient (Wildman–Crippen LogP) is 0.189. The molecular formula is C8H14N4O2. The van der Waals surface area contributed by atoms with Crippen LogP contribution in [0.4, 0.5) is 0 Å². The second-order valence-electron chi connectivity index (χ2n) is 2.89. The Morgan fingerprint density at radius 1 is 1.57 bits per heavy atom. The molecule has 1 aromatic rings. The van der Waals surface area contributed by atoms with Gasteiger partial charge in [0, 0.05) is 13.0 Å². The molecule has 0 saturated carbocycles. The molecule has 6 heteroatoms. The highest BCUT2D eigenvalue weighted by atomic mass is 16.5. The Labute approximate surface area is 82.2 Å². The van der Waals surface area contributed by atoms with Gasteiger partial charge in [0.2, 0.25) is 0 Å². The molecule has 0 aliphatic rings. The number of aromatic nitrogens is 4. The minimum Gasteiger partial charge on any atom is -0.467 e. The van der Waals surface area contributed by atoms with Gasteiger partial charge in [-0.2, -0.15) is 0 Å². The monoisotopic (exact) mass is 198 g/mol. The molecule has 0 bridgehead atoms. The Morgan fingerprint density at radius 2 is 2.43 bits per heavy atom. The van der Waals surface area contributed by atoms with E-state index < -0.39 is 0 Å². The SMILES string of the molecule is CCCCn1nnnc1CCOC=O. The van der Waals surface area contributed by atoms with Crippen molar-refractivity contribution in [2.75, 3.05) is 6.61 Å². The van der Waals surface area contributed by atoms with E-state index in [2.05, 4.69) is 27.2 Å². The number of carbonyl (C=O) groups excluding carboxylic acids is 1. The molecule has 0 aliphatic carbocycles. The summed E-state index contributed by atoms with van der Waals surface area (Å²) in [6.45, 7) is 3.69. The Balaban J connectivity index is 2.40. The van der Waals surface area contributed by atoms with Crippen molar-refractivity contribution >= 4 is 6.47 Å². The van der Waals surface area contributed by atoms with Gasteiger partial charge in [0.05, 0.1) is 6.61 Å². The number of hydrogen-bond donors (Lipinski definition) is 0. The number of unbranched alkanes of at least 4 members (excludes halogenated alkanes) is 1. The third-order valence-corrected chi connectivity index (χ3v) is 1.84. The van der Waals surface area contributed by atoms with Crippen molar-refractivity contribution in [3.63, 3.8) is 0 Å². The summed E-state index contributed by atoms with van der Waals surface area (Å²) in [7, 11) is 0. The highest BCUT2D eigenvalue weighted by Crippen LogP contribution is 1.97. The van der Waals surface area contributed by atoms with Gasteiger partial charge >= 0.3 is 0 Å². The molecule has 78 valence electrons. The Kier molecular flexibility index (Phi) is 4.60. The van der Waals surface area contributed by atoms with Gasteiger partial charge in [-0.15, -0.1) is 5.10 Å². The lowest BCUT2D eigenvalue weighted by Gasteiger charge is -2.02. The maximum absolute atomic E-state index is 9.91. The van der Waals surface area contributed by atoms with Gasteiger partial charge < -0.3 is 4.74 Å². The van der Waals surface area contributed by atoms with Crippen molar-refractivity contribution in [3.8, 4) is 0 Å². The van der Waals surface area contributed by atoms with Gasteiger partial charge in [0.25, 0.3) is 6.47 Å². The zero-order valence-corrected chi connectivity index (χ0v) is 8.22. The summed E-state index contributed by atoms with van der Waals surface area (Å²) in [5.74, 6) is 0.764. The van der Waals surface area contributed by atoms with Gasteiger partial charge in [0.1, 0.15) is 0 Å². The first-order valence-corrected chi connectivity index (χ1v) is 4.68. The van der Waals surface area contributed by atoms with Crippen LogP contribution in [0.5, 0.6) is 0 Å². The molecule has 0 spiro atoms. The van der Waals surface area contributed by atoms with Crippen molar-refractivity contribution in [1.29, 1.82) is 0 Å². The van der Waals surface area contributed by atoms with E-state index in [0.717, 1.165) is 25.2 Å². The number of aryl methyl sites for hydroxylation is 1. The summed E-state index contributed by atoms with van der Waals surface area (Å²) in [5.41, 5.74) is 0. The minimum absolute atomic E-state index is 0.329. The fourth-order valence-electron chi connectivity index (χ4n) is 1.08. The maximum atomic E-state index is 9.91. The molecule has 0 aromatic carbocycles. The number of rotatable bonds is 7. The number of ether oxygens (including phenoxy) is 1. The van der Waals surface area contributed by atoms with E-state index in [1.807, 2.05) is 0 Å². The van der Waals surface area contributed by atoms with Crippen LogP contribution in [0.15, 0.2) is 0 Å². The molecule has 0 unspecified atom stereocenters. The molecule has 14 heavy (non-hydrogen) atoms. The molecule has 0 amide bonds. The fraction of sp³-hybridized carbons (Fsp3) is 0.750. The zero-order valence-electron chi connectivity index (χ0n) is 8.22. The molecule has 0 saturated heterocycles. The van der Waals surface area contributed by atoms with Crippen molar-refractivity contribution in [2.45, 2.75) is 32.7 Å². The number of nitrogens with zero attached hydrogens (tertiary/aromatic N) is 4. The summed E-state index contributed by atoms with van der Waals surface area (Å²) in [6.07, 6.45) is 2.71. The average molecular weight is 198 g/mol. The lowest BCUT2D eigenvalue weighted by Crippen LogP contribution is -2.08. The van der Waals surface area contributed by atoms with E-state index in [-0.39, 0.29) is 0 Å². The quantitative estimate of drug-likeness (QED) is 0.462. The molecule has 0 fully saturated rings. The molecule has 0 radical (unpaired) electrons. The van der Waals surface area contributed by atoms with Crippen LogP contribution >= 0.6 is 0 Å². The summed E-state index contributed by atoms with van der Waals surface area (Å²) in [4.78, 5) is 9.91. The third kappa shape index (κ3) is 3.12. The summed E-state index contributed by atoms with van der Waals surface area (Å²) < 4.78 is 6.32. The predicted molar refractivity (Wildman–Crippen MR) is 48.4 cm³/mol. The van der Waals surface area contributed by atoms with Crippen molar-refractivity contribution in [2.24, 2.45) is 0 Å². The first-order chi connectivity index (χ1) is 6.88. The minimum atomic E-state index is 0.329. The van der Waals surface area contributed by atoms with Crippen LogP contribution in [0.1, 0.15) is 25.6 Å². The molecular weight excluding hydrogens is 184 g/mol. The molecule has 1 rings (SSSR count). The van der Waals surface area contributed by atoms with Crippen molar-refractivity contribution in [3.05, 3.63) is 5.82 Å². The smallest absolute Gasteiger partial charge is 0.293 e. The van der Waals surface area contributed by atoms with Crippen LogP contribution in [-0.4, -0.2) is 33.3 Å². The topological polar surface area (TPSA) is 69.9 Å². The second kappa shape index (κ2) is 6.06. The van der Waals surface area contributed by atoms with Gasteiger partial charge in [0.15, 0.2) is 5.82 Å². The Bertz CT molecular complexity index is 274. The standard InChI is InChI=1S/C8H14N4O2/c1-2-3-5-12-8(9-10-11-12)4-6-14-7-13/h7H,2-6H2,1H3. The molecule has 0 atom stereocenters. The van der Waals surface area contributed by atoms with Crippen molar-refractivity contribution < 1.29 is 9.53 Å². The van der Waals surface area contributed by atoms with E-state index in [1.54, 1.807) is 4.68 Å². The molecule has 0 N–H and O–H groups in total. The summed E-state index contributed by atoms with van der Waals surface area (Å²) in [5, 5.41) is 11.3. The molecule has 1 heterocycles. The highest BCUT2D eigenvalue weighted by Gasteiger charge is 2.04. The van der Waals surface area contributed by atoms with E-state index >= 15 is 0 Å². The molecule has 1 aromatic heterocycles. The first-order valence-electron chi connectivity index (χ1n) is 4.68. The Hall–Kier alpha value is -1.46. The van der Waals surface area contributed by atoms with Gasteiger partial charge in [-0.3, -0.25) is 4.79 Å². The highest BCUT2D eigenvalue weighted by molar-refractivity contribution is 5.36. The van der Waals surface area contributed by atoms with Gasteiger partial charge in [-0.05, 0) is 16.8 Å². The lowest BCUT2D eigenvalue weighted by atomic mass is 10.3. The van der Waals surface area contributed by atoms with Crippen LogP contribution < -0.4 is 0 Å². The van der Waals surface area contributed by atoms with Crippen LogP contribution in [-0.2, 0) is 22.5 Å². The number of tetrazole rings is 1. The fourth-order valence-corrected chi connectivity index (χ4v) is 1.08. The van der Waals surface area contributed by atoms with Crippen molar-refractivity contribution in [1.82, 2.24) is 20.2 Å². The number of hydrogen-bond acceptors (Lipinski definition) is 5. The summed E-state index contributed by atoms with van der Waals surface area (Å²) in [6, 6.07) is 0. The normalized spacial score (nSPS) is 10.1. The maximum Gasteiger partial charge on any atom is 0.293 e.